The normalized spacial score (nSPS) is 17.1. The molecule has 0 aromatic carbocycles. The van der Waals surface area contributed by atoms with E-state index in [9.17, 15) is 19.1 Å². The van der Waals surface area contributed by atoms with Gasteiger partial charge < -0.3 is 20.6 Å². The molecule has 1 saturated heterocycles. The van der Waals surface area contributed by atoms with E-state index in [4.69, 9.17) is 5.26 Å². The molecule has 4 heterocycles. The largest absolute Gasteiger partial charge is 0.387 e. The van der Waals surface area contributed by atoms with Crippen LogP contribution in [0.1, 0.15) is 42.6 Å². The Kier molecular flexibility index (Phi) is 6.90. The molecule has 11 heteroatoms. The van der Waals surface area contributed by atoms with E-state index in [0.29, 0.717) is 41.1 Å². The maximum atomic E-state index is 14.2. The predicted molar refractivity (Wildman–Crippen MR) is 131 cm³/mol. The summed E-state index contributed by atoms with van der Waals surface area (Å²) in [6, 6.07) is 8.89. The van der Waals surface area contributed by atoms with E-state index in [2.05, 4.69) is 26.8 Å². The van der Waals surface area contributed by atoms with Crippen LogP contribution in [0.4, 0.5) is 10.1 Å². The molecule has 2 atom stereocenters. The molecule has 0 radical (unpaired) electrons. The van der Waals surface area contributed by atoms with Crippen LogP contribution in [0.15, 0.2) is 36.7 Å². The van der Waals surface area contributed by atoms with Crippen LogP contribution in [-0.4, -0.2) is 74.4 Å². The number of pyridine rings is 1. The summed E-state index contributed by atoms with van der Waals surface area (Å²) in [5.74, 6) is -0.556. The van der Waals surface area contributed by atoms with Gasteiger partial charge in [-0.3, -0.25) is 14.6 Å². The monoisotopic (exact) mass is 493 g/mol. The van der Waals surface area contributed by atoms with Crippen LogP contribution in [0.2, 0.25) is 0 Å². The van der Waals surface area contributed by atoms with E-state index in [1.54, 1.807) is 28.6 Å². The van der Waals surface area contributed by atoms with Crippen molar-refractivity contribution in [3.05, 3.63) is 47.8 Å². The van der Waals surface area contributed by atoms with Crippen molar-refractivity contribution >= 4 is 23.0 Å². The van der Waals surface area contributed by atoms with Crippen molar-refractivity contribution in [2.45, 2.75) is 44.5 Å². The number of likely N-dealkylation sites (tertiary alicyclic amines) is 1. The summed E-state index contributed by atoms with van der Waals surface area (Å²) < 4.78 is 15.9. The van der Waals surface area contributed by atoms with E-state index in [1.165, 1.54) is 26.2 Å². The van der Waals surface area contributed by atoms with Crippen molar-refractivity contribution in [3.63, 3.8) is 0 Å². The number of alkyl halides is 1. The van der Waals surface area contributed by atoms with E-state index in [-0.39, 0.29) is 30.5 Å². The number of anilines is 1. The van der Waals surface area contributed by atoms with E-state index >= 15 is 0 Å². The zero-order chi connectivity index (χ0) is 26.0. The molecule has 0 spiro atoms. The summed E-state index contributed by atoms with van der Waals surface area (Å²) >= 11 is 0. The fraction of sp³-hybridized carbons (Fsp3) is 0.400. The number of hydrogen-bond acceptors (Lipinski definition) is 7. The van der Waals surface area contributed by atoms with Crippen LogP contribution in [0.5, 0.6) is 0 Å². The Hall–Kier alpha value is -4.04. The first kappa shape index (κ1) is 25.1. The first-order valence-electron chi connectivity index (χ1n) is 11.6. The Bertz CT molecular complexity index is 1340. The number of halogens is 1. The van der Waals surface area contributed by atoms with Crippen LogP contribution < -0.4 is 10.6 Å². The molecule has 3 N–H and O–H groups in total. The molecule has 0 aliphatic carbocycles. The number of nitrogens with one attached hydrogen (secondary N) is 2. The van der Waals surface area contributed by atoms with E-state index in [1.807, 2.05) is 12.1 Å². The van der Waals surface area contributed by atoms with Crippen molar-refractivity contribution in [1.82, 2.24) is 24.8 Å². The first-order valence-corrected chi connectivity index (χ1v) is 11.6. The second-order valence-corrected chi connectivity index (χ2v) is 9.51. The zero-order valence-corrected chi connectivity index (χ0v) is 20.3. The minimum Gasteiger partial charge on any atom is -0.387 e. The average molecular weight is 494 g/mol. The number of amides is 2. The summed E-state index contributed by atoms with van der Waals surface area (Å²) in [7, 11) is 1.75. The van der Waals surface area contributed by atoms with Crippen LogP contribution in [0, 0.1) is 11.3 Å². The number of nitrogens with zero attached hydrogens (tertiary/aromatic N) is 5. The fourth-order valence-electron chi connectivity index (χ4n) is 3.96. The van der Waals surface area contributed by atoms with Crippen molar-refractivity contribution in [3.8, 4) is 17.5 Å². The highest BCUT2D eigenvalue weighted by atomic mass is 19.1. The topological polar surface area (TPSA) is 136 Å². The molecule has 10 nitrogen and oxygen atoms in total. The predicted octanol–water partition coefficient (Wildman–Crippen LogP) is 2.14. The summed E-state index contributed by atoms with van der Waals surface area (Å²) in [6.45, 7) is 2.88. The van der Waals surface area contributed by atoms with Gasteiger partial charge in [-0.2, -0.15) is 10.4 Å². The Morgan fingerprint density at radius 2 is 2.14 bits per heavy atom. The Morgan fingerprint density at radius 1 is 1.36 bits per heavy atom. The van der Waals surface area contributed by atoms with Crippen LogP contribution >= 0.6 is 0 Å². The quantitative estimate of drug-likeness (QED) is 0.459. The third-order valence-corrected chi connectivity index (χ3v) is 6.27. The van der Waals surface area contributed by atoms with E-state index < -0.39 is 17.7 Å². The summed E-state index contributed by atoms with van der Waals surface area (Å²) in [6.07, 6.45) is 2.15. The summed E-state index contributed by atoms with van der Waals surface area (Å²) in [4.78, 5) is 31.3. The number of carbonyl (C=O) groups excluding carboxylic acids is 2. The SMILES string of the molecule is CN1CCC(Nc2cc(-c3ccc4cc(C#N)cnn34)ncc2C(=O)NCC(F)C(C)(C)O)CC1=O. The minimum atomic E-state index is -1.66. The van der Waals surface area contributed by atoms with Gasteiger partial charge >= 0.3 is 0 Å². The van der Waals surface area contributed by atoms with Gasteiger partial charge in [0.2, 0.25) is 5.91 Å². The number of aliphatic hydroxyl groups is 1. The van der Waals surface area contributed by atoms with E-state index in [0.717, 1.165) is 0 Å². The fourth-order valence-corrected chi connectivity index (χ4v) is 3.96. The number of aromatic nitrogens is 3. The molecule has 0 bridgehead atoms. The molecule has 4 rings (SSSR count). The summed E-state index contributed by atoms with van der Waals surface area (Å²) in [5.41, 5.74) is 1.35. The average Bonchev–Trinajstić information content (AvgIpc) is 3.27. The molecule has 36 heavy (non-hydrogen) atoms. The highest BCUT2D eigenvalue weighted by molar-refractivity contribution is 6.00. The zero-order valence-electron chi connectivity index (χ0n) is 20.3. The molecule has 1 aliphatic rings. The molecule has 2 amide bonds. The lowest BCUT2D eigenvalue weighted by Crippen LogP contribution is -2.43. The standard InChI is InChI=1S/C25H28FN7O3/c1-25(2,36)22(26)14-29-24(35)18-13-28-20(10-19(18)31-16-6-7-32(3)23(34)9-16)21-5-4-17-8-15(11-27)12-30-33(17)21/h4-5,8,10,12-13,16,22,36H,6-7,9,14H2,1-3H3,(H,28,31)(H,29,35). The van der Waals surface area contributed by atoms with Crippen LogP contribution in [-0.2, 0) is 4.79 Å². The van der Waals surface area contributed by atoms with Crippen molar-refractivity contribution in [2.75, 3.05) is 25.5 Å². The van der Waals surface area contributed by atoms with Gasteiger partial charge in [0.25, 0.3) is 5.91 Å². The van der Waals surface area contributed by atoms with Crippen molar-refractivity contribution in [1.29, 1.82) is 5.26 Å². The molecule has 3 aromatic rings. The Labute approximate surface area is 207 Å². The number of hydrogen-bond donors (Lipinski definition) is 3. The Balaban J connectivity index is 1.67. The molecule has 188 valence electrons. The van der Waals surface area contributed by atoms with Gasteiger partial charge in [-0.05, 0) is 44.5 Å². The minimum absolute atomic E-state index is 0.000407. The number of carbonyl (C=O) groups is 2. The lowest BCUT2D eigenvalue weighted by molar-refractivity contribution is -0.132. The van der Waals surface area contributed by atoms with Gasteiger partial charge in [-0.1, -0.05) is 0 Å². The number of fused-ring (bicyclic) bond motifs is 1. The second-order valence-electron chi connectivity index (χ2n) is 9.51. The van der Waals surface area contributed by atoms with Gasteiger partial charge in [0.1, 0.15) is 12.2 Å². The molecule has 3 aromatic heterocycles. The Morgan fingerprint density at radius 3 is 2.83 bits per heavy atom. The van der Waals surface area contributed by atoms with Gasteiger partial charge in [0, 0.05) is 32.3 Å². The van der Waals surface area contributed by atoms with Gasteiger partial charge in [0.15, 0.2) is 0 Å². The number of rotatable bonds is 7. The highest BCUT2D eigenvalue weighted by Gasteiger charge is 2.28. The molecular weight excluding hydrogens is 465 g/mol. The maximum absolute atomic E-state index is 14.2. The molecule has 1 aliphatic heterocycles. The van der Waals surface area contributed by atoms with Crippen LogP contribution in [0.25, 0.3) is 16.9 Å². The summed E-state index contributed by atoms with van der Waals surface area (Å²) in [5, 5.41) is 29.1. The smallest absolute Gasteiger partial charge is 0.255 e. The number of piperidine rings is 1. The van der Waals surface area contributed by atoms with Gasteiger partial charge in [-0.15, -0.1) is 0 Å². The first-order chi connectivity index (χ1) is 17.1. The van der Waals surface area contributed by atoms with Crippen molar-refractivity contribution in [2.24, 2.45) is 0 Å². The van der Waals surface area contributed by atoms with Crippen molar-refractivity contribution < 1.29 is 19.1 Å². The van der Waals surface area contributed by atoms with Crippen LogP contribution in [0.3, 0.4) is 0 Å². The third kappa shape index (κ3) is 5.28. The molecule has 0 saturated carbocycles. The highest BCUT2D eigenvalue weighted by Crippen LogP contribution is 2.27. The third-order valence-electron chi connectivity index (χ3n) is 6.27. The molecule has 2 unspecified atom stereocenters. The maximum Gasteiger partial charge on any atom is 0.255 e. The molecular formula is C25H28FN7O3. The van der Waals surface area contributed by atoms with Gasteiger partial charge in [-0.25, -0.2) is 8.91 Å². The number of nitriles is 1. The lowest BCUT2D eigenvalue weighted by Gasteiger charge is -2.30. The van der Waals surface area contributed by atoms with Gasteiger partial charge in [0.05, 0.1) is 52.1 Å². The lowest BCUT2D eigenvalue weighted by atomic mass is 10.0. The second kappa shape index (κ2) is 9.91. The molecule has 1 fully saturated rings.